The predicted molar refractivity (Wildman–Crippen MR) is 74.6 cm³/mol. The van der Waals surface area contributed by atoms with Crippen molar-refractivity contribution in [2.24, 2.45) is 11.3 Å². The van der Waals surface area contributed by atoms with E-state index in [1.54, 1.807) is 11.3 Å². The van der Waals surface area contributed by atoms with E-state index in [2.05, 4.69) is 20.8 Å². The molecule has 1 aliphatic rings. The van der Waals surface area contributed by atoms with Crippen molar-refractivity contribution in [3.05, 3.63) is 21.3 Å². The molecule has 1 fully saturated rings. The normalized spacial score (nSPS) is 30.5. The summed E-state index contributed by atoms with van der Waals surface area (Å²) >= 11 is 7.72. The molecule has 1 nitrogen and oxygen atoms in total. The van der Waals surface area contributed by atoms with Crippen LogP contribution in [0, 0.1) is 11.3 Å². The third-order valence-electron chi connectivity index (χ3n) is 4.08. The molecule has 1 aromatic heterocycles. The number of thiophene rings is 1. The van der Waals surface area contributed by atoms with E-state index in [1.807, 2.05) is 11.4 Å². The second-order valence-electron chi connectivity index (χ2n) is 6.27. The monoisotopic (exact) mass is 272 g/mol. The standard InChI is InChI=1S/C14H21ClOS/c1-13(2,3)10-4-7-14(16,8-5-10)12-11(15)6-9-17-12/h6,9-10,16H,4-5,7-8H2,1-3H3. The first-order valence-corrected chi connectivity index (χ1v) is 7.54. The molecule has 17 heavy (non-hydrogen) atoms. The van der Waals surface area contributed by atoms with Crippen LogP contribution in [-0.2, 0) is 5.60 Å². The first-order valence-electron chi connectivity index (χ1n) is 6.29. The summed E-state index contributed by atoms with van der Waals surface area (Å²) in [6.07, 6.45) is 3.87. The largest absolute Gasteiger partial charge is 0.384 e. The molecule has 0 bridgehead atoms. The maximum absolute atomic E-state index is 10.7. The van der Waals surface area contributed by atoms with Crippen LogP contribution in [0.15, 0.2) is 11.4 Å². The molecule has 0 unspecified atom stereocenters. The average Bonchev–Trinajstić information content (AvgIpc) is 2.64. The van der Waals surface area contributed by atoms with Crippen molar-refractivity contribution >= 4 is 22.9 Å². The molecule has 0 saturated heterocycles. The SMILES string of the molecule is CC(C)(C)C1CCC(O)(c2sccc2Cl)CC1. The lowest BCUT2D eigenvalue weighted by Gasteiger charge is -2.41. The lowest BCUT2D eigenvalue weighted by Crippen LogP contribution is -2.35. The summed E-state index contributed by atoms with van der Waals surface area (Å²) in [5, 5.41) is 13.4. The Hall–Kier alpha value is -0.0500. The fourth-order valence-corrected chi connectivity index (χ4v) is 4.21. The van der Waals surface area contributed by atoms with Crippen molar-refractivity contribution in [3.8, 4) is 0 Å². The Balaban J connectivity index is 2.11. The molecular weight excluding hydrogens is 252 g/mol. The summed E-state index contributed by atoms with van der Waals surface area (Å²) in [4.78, 5) is 0.964. The zero-order chi connectivity index (χ0) is 12.7. The molecule has 1 aliphatic carbocycles. The van der Waals surface area contributed by atoms with Gasteiger partial charge in [-0.25, -0.2) is 0 Å². The highest BCUT2D eigenvalue weighted by Crippen LogP contribution is 2.48. The topological polar surface area (TPSA) is 20.2 Å². The minimum atomic E-state index is -0.674. The molecule has 1 heterocycles. The van der Waals surface area contributed by atoms with E-state index >= 15 is 0 Å². The van der Waals surface area contributed by atoms with Gasteiger partial charge in [0.1, 0.15) is 5.60 Å². The van der Waals surface area contributed by atoms with Crippen LogP contribution in [0.2, 0.25) is 5.02 Å². The zero-order valence-corrected chi connectivity index (χ0v) is 12.4. The first-order chi connectivity index (χ1) is 7.83. The Kier molecular flexibility index (Phi) is 3.59. The first kappa shape index (κ1) is 13.4. The Labute approximate surface area is 113 Å². The highest BCUT2D eigenvalue weighted by atomic mass is 35.5. The van der Waals surface area contributed by atoms with Crippen molar-refractivity contribution < 1.29 is 5.11 Å². The molecule has 0 aromatic carbocycles. The molecule has 0 radical (unpaired) electrons. The number of hydrogen-bond donors (Lipinski definition) is 1. The molecule has 96 valence electrons. The molecule has 0 amide bonds. The van der Waals surface area contributed by atoms with Crippen LogP contribution >= 0.6 is 22.9 Å². The Morgan fingerprint density at radius 3 is 2.35 bits per heavy atom. The van der Waals surface area contributed by atoms with E-state index in [-0.39, 0.29) is 0 Å². The molecule has 1 aromatic rings. The lowest BCUT2D eigenvalue weighted by atomic mass is 9.68. The van der Waals surface area contributed by atoms with Gasteiger partial charge in [0.2, 0.25) is 0 Å². The van der Waals surface area contributed by atoms with Crippen LogP contribution in [0.3, 0.4) is 0 Å². The van der Waals surface area contributed by atoms with E-state index in [0.717, 1.165) is 35.6 Å². The van der Waals surface area contributed by atoms with Gasteiger partial charge in [0.05, 0.1) is 9.90 Å². The van der Waals surface area contributed by atoms with Gasteiger partial charge in [0, 0.05) is 0 Å². The number of rotatable bonds is 1. The quantitative estimate of drug-likeness (QED) is 0.777. The summed E-state index contributed by atoms with van der Waals surface area (Å²) in [6.45, 7) is 6.88. The van der Waals surface area contributed by atoms with Crippen LogP contribution < -0.4 is 0 Å². The summed E-state index contributed by atoms with van der Waals surface area (Å²) in [6, 6.07) is 1.88. The van der Waals surface area contributed by atoms with Gasteiger partial charge in [-0.15, -0.1) is 11.3 Å². The molecule has 0 spiro atoms. The van der Waals surface area contributed by atoms with E-state index < -0.39 is 5.60 Å². The minimum Gasteiger partial charge on any atom is -0.384 e. The highest BCUT2D eigenvalue weighted by molar-refractivity contribution is 7.10. The second kappa shape index (κ2) is 4.56. The predicted octanol–water partition coefficient (Wildman–Crippen LogP) is 4.83. The van der Waals surface area contributed by atoms with Gasteiger partial charge < -0.3 is 5.11 Å². The second-order valence-corrected chi connectivity index (χ2v) is 7.59. The van der Waals surface area contributed by atoms with Crippen molar-refractivity contribution in [2.45, 2.75) is 52.1 Å². The molecule has 1 saturated carbocycles. The lowest BCUT2D eigenvalue weighted by molar-refractivity contribution is -0.0268. The van der Waals surface area contributed by atoms with Gasteiger partial charge >= 0.3 is 0 Å². The Morgan fingerprint density at radius 2 is 1.94 bits per heavy atom. The maximum atomic E-state index is 10.7. The van der Waals surface area contributed by atoms with Gasteiger partial charge in [-0.1, -0.05) is 32.4 Å². The van der Waals surface area contributed by atoms with E-state index in [0.29, 0.717) is 11.3 Å². The minimum absolute atomic E-state index is 0.348. The summed E-state index contributed by atoms with van der Waals surface area (Å²) in [7, 11) is 0. The zero-order valence-electron chi connectivity index (χ0n) is 10.8. The molecule has 2 rings (SSSR count). The molecule has 1 N–H and O–H groups in total. The van der Waals surface area contributed by atoms with Crippen molar-refractivity contribution in [3.63, 3.8) is 0 Å². The Morgan fingerprint density at radius 1 is 1.35 bits per heavy atom. The third-order valence-corrected chi connectivity index (χ3v) is 5.61. The Bertz CT molecular complexity index is 383. The van der Waals surface area contributed by atoms with Crippen molar-refractivity contribution in [1.29, 1.82) is 0 Å². The summed E-state index contributed by atoms with van der Waals surface area (Å²) < 4.78 is 0. The van der Waals surface area contributed by atoms with Crippen LogP contribution in [0.1, 0.15) is 51.3 Å². The van der Waals surface area contributed by atoms with Gasteiger partial charge in [-0.05, 0) is 48.5 Å². The van der Waals surface area contributed by atoms with Crippen LogP contribution in [0.4, 0.5) is 0 Å². The highest BCUT2D eigenvalue weighted by Gasteiger charge is 2.40. The number of aliphatic hydroxyl groups is 1. The maximum Gasteiger partial charge on any atom is 0.100 e. The van der Waals surface area contributed by atoms with Gasteiger partial charge in [0.15, 0.2) is 0 Å². The fourth-order valence-electron chi connectivity index (χ4n) is 2.81. The van der Waals surface area contributed by atoms with Crippen molar-refractivity contribution in [2.75, 3.05) is 0 Å². The third kappa shape index (κ3) is 2.69. The van der Waals surface area contributed by atoms with Gasteiger partial charge in [-0.3, -0.25) is 0 Å². The molecule has 0 atom stereocenters. The van der Waals surface area contributed by atoms with Gasteiger partial charge in [0.25, 0.3) is 0 Å². The van der Waals surface area contributed by atoms with Crippen LogP contribution in [0.25, 0.3) is 0 Å². The molecule has 0 aliphatic heterocycles. The number of hydrogen-bond acceptors (Lipinski definition) is 2. The average molecular weight is 273 g/mol. The summed E-state index contributed by atoms with van der Waals surface area (Å²) in [5.41, 5.74) is -0.326. The van der Waals surface area contributed by atoms with E-state index in [1.165, 1.54) is 0 Å². The van der Waals surface area contributed by atoms with Crippen LogP contribution in [0.5, 0.6) is 0 Å². The fraction of sp³-hybridized carbons (Fsp3) is 0.714. The van der Waals surface area contributed by atoms with E-state index in [4.69, 9.17) is 11.6 Å². The van der Waals surface area contributed by atoms with Crippen molar-refractivity contribution in [1.82, 2.24) is 0 Å². The molecule has 3 heteroatoms. The summed E-state index contributed by atoms with van der Waals surface area (Å²) in [5.74, 6) is 0.710. The van der Waals surface area contributed by atoms with E-state index in [9.17, 15) is 5.11 Å². The number of halogens is 1. The van der Waals surface area contributed by atoms with Gasteiger partial charge in [-0.2, -0.15) is 0 Å². The van der Waals surface area contributed by atoms with Crippen LogP contribution in [-0.4, -0.2) is 5.11 Å². The molecular formula is C14H21ClOS. The smallest absolute Gasteiger partial charge is 0.100 e.